The number of methoxy groups -OCH3 is 2. The predicted molar refractivity (Wildman–Crippen MR) is 99.3 cm³/mol. The molecule has 4 rings (SSSR count). The van der Waals surface area contributed by atoms with Gasteiger partial charge in [0.1, 0.15) is 11.5 Å². The number of hydrogen-bond donors (Lipinski definition) is 2. The molecule has 134 valence electrons. The van der Waals surface area contributed by atoms with Gasteiger partial charge in [0.2, 0.25) is 0 Å². The van der Waals surface area contributed by atoms with Crippen molar-refractivity contribution < 1.29 is 19.4 Å². The van der Waals surface area contributed by atoms with E-state index in [1.165, 1.54) is 0 Å². The van der Waals surface area contributed by atoms with Crippen LogP contribution in [0.1, 0.15) is 39.9 Å². The second-order valence-electron chi connectivity index (χ2n) is 6.69. The molecule has 1 aliphatic carbocycles. The normalized spacial score (nSPS) is 22.9. The minimum Gasteiger partial charge on any atom is -0.497 e. The fourth-order valence-corrected chi connectivity index (χ4v) is 4.12. The van der Waals surface area contributed by atoms with Gasteiger partial charge in [0.15, 0.2) is 0 Å². The summed E-state index contributed by atoms with van der Waals surface area (Å²) in [6.07, 6.45) is 5.30. The number of carboxylic acid groups (broad SMARTS) is 1. The van der Waals surface area contributed by atoms with Gasteiger partial charge in [-0.2, -0.15) is 0 Å². The van der Waals surface area contributed by atoms with Gasteiger partial charge < -0.3 is 19.9 Å². The van der Waals surface area contributed by atoms with Crippen LogP contribution in [0.25, 0.3) is 0 Å². The van der Waals surface area contributed by atoms with E-state index in [9.17, 15) is 9.90 Å². The molecule has 0 unspecified atom stereocenters. The predicted octanol–water partition coefficient (Wildman–Crippen LogP) is 4.23. The van der Waals surface area contributed by atoms with Gasteiger partial charge in [0.05, 0.1) is 25.8 Å². The Balaban J connectivity index is 1.80. The average Bonchev–Trinajstić information content (AvgIpc) is 3.16. The van der Waals surface area contributed by atoms with Crippen molar-refractivity contribution in [3.05, 3.63) is 65.2 Å². The summed E-state index contributed by atoms with van der Waals surface area (Å²) in [7, 11) is 3.33. The van der Waals surface area contributed by atoms with Gasteiger partial charge in [-0.05, 0) is 54.3 Å². The fraction of sp³-hybridized carbons (Fsp3) is 0.286. The zero-order valence-electron chi connectivity index (χ0n) is 14.7. The van der Waals surface area contributed by atoms with Crippen molar-refractivity contribution >= 4 is 11.7 Å². The average molecular weight is 351 g/mol. The van der Waals surface area contributed by atoms with Crippen LogP contribution in [-0.4, -0.2) is 25.3 Å². The first-order chi connectivity index (χ1) is 12.6. The van der Waals surface area contributed by atoms with Crippen LogP contribution in [0.4, 0.5) is 5.69 Å². The molecule has 0 fully saturated rings. The lowest BCUT2D eigenvalue weighted by molar-refractivity contribution is 0.0696. The topological polar surface area (TPSA) is 67.8 Å². The van der Waals surface area contributed by atoms with Crippen LogP contribution in [0.5, 0.6) is 11.5 Å². The summed E-state index contributed by atoms with van der Waals surface area (Å²) in [5.74, 6) is 1.19. The lowest BCUT2D eigenvalue weighted by Crippen LogP contribution is -2.29. The number of benzene rings is 2. The van der Waals surface area contributed by atoms with E-state index in [4.69, 9.17) is 9.47 Å². The Kier molecular flexibility index (Phi) is 4.07. The van der Waals surface area contributed by atoms with Gasteiger partial charge in [-0.15, -0.1) is 0 Å². The van der Waals surface area contributed by atoms with E-state index in [-0.39, 0.29) is 12.0 Å². The summed E-state index contributed by atoms with van der Waals surface area (Å²) < 4.78 is 11.0. The molecule has 1 aliphatic heterocycles. The van der Waals surface area contributed by atoms with Crippen molar-refractivity contribution in [2.45, 2.75) is 18.4 Å². The van der Waals surface area contributed by atoms with Gasteiger partial charge in [-0.1, -0.05) is 12.2 Å². The standard InChI is InChI=1S/C21H21NO4/c1-25-13-7-9-19(26-2)17(11-13)20-15-5-3-4-14(15)16-10-12(21(23)24)6-8-18(16)22-20/h3-4,6-11,14-15,20,22H,5H2,1-2H3,(H,23,24)/t14-,15+,20-/m0/s1. The zero-order valence-corrected chi connectivity index (χ0v) is 14.7. The number of ether oxygens (including phenoxy) is 2. The van der Waals surface area contributed by atoms with Gasteiger partial charge in [0, 0.05) is 17.2 Å². The molecular formula is C21H21NO4. The van der Waals surface area contributed by atoms with E-state index in [1.54, 1.807) is 26.4 Å². The van der Waals surface area contributed by atoms with Crippen LogP contribution in [0.3, 0.4) is 0 Å². The lowest BCUT2D eigenvalue weighted by atomic mass is 9.76. The first kappa shape index (κ1) is 16.5. The molecule has 2 aromatic carbocycles. The summed E-state index contributed by atoms with van der Waals surface area (Å²) in [6, 6.07) is 11.2. The zero-order chi connectivity index (χ0) is 18.3. The molecule has 0 aromatic heterocycles. The third kappa shape index (κ3) is 2.60. The minimum atomic E-state index is -0.900. The maximum absolute atomic E-state index is 11.3. The van der Waals surface area contributed by atoms with Crippen LogP contribution in [0.15, 0.2) is 48.6 Å². The molecule has 1 heterocycles. The first-order valence-electron chi connectivity index (χ1n) is 8.64. The van der Waals surface area contributed by atoms with E-state index in [0.717, 1.165) is 34.7 Å². The number of fused-ring (bicyclic) bond motifs is 3. The summed E-state index contributed by atoms with van der Waals surface area (Å²) in [6.45, 7) is 0. The molecule has 0 spiro atoms. The van der Waals surface area contributed by atoms with Crippen LogP contribution >= 0.6 is 0 Å². The number of nitrogens with one attached hydrogen (secondary N) is 1. The van der Waals surface area contributed by atoms with Crippen LogP contribution < -0.4 is 14.8 Å². The third-order valence-electron chi connectivity index (χ3n) is 5.38. The fourth-order valence-electron chi connectivity index (χ4n) is 4.12. The van der Waals surface area contributed by atoms with Crippen molar-refractivity contribution in [2.24, 2.45) is 5.92 Å². The molecular weight excluding hydrogens is 330 g/mol. The lowest BCUT2D eigenvalue weighted by Gasteiger charge is -2.38. The number of carbonyl (C=O) groups is 1. The Morgan fingerprint density at radius 1 is 1.12 bits per heavy atom. The second kappa shape index (κ2) is 6.41. The van der Waals surface area contributed by atoms with E-state index in [0.29, 0.717) is 11.5 Å². The Hall–Kier alpha value is -2.95. The van der Waals surface area contributed by atoms with Gasteiger partial charge >= 0.3 is 5.97 Å². The van der Waals surface area contributed by atoms with Gasteiger partial charge in [-0.25, -0.2) is 4.79 Å². The molecule has 2 aromatic rings. The Morgan fingerprint density at radius 3 is 2.69 bits per heavy atom. The SMILES string of the molecule is COc1ccc(OC)c([C@H]2Nc3ccc(C(=O)O)cc3[C@H]3C=CC[C@H]32)c1. The van der Waals surface area contributed by atoms with E-state index < -0.39 is 5.97 Å². The molecule has 5 nitrogen and oxygen atoms in total. The van der Waals surface area contributed by atoms with Crippen LogP contribution in [0, 0.1) is 5.92 Å². The number of allylic oxidation sites excluding steroid dienone is 2. The molecule has 0 amide bonds. The summed E-state index contributed by atoms with van der Waals surface area (Å²) >= 11 is 0. The minimum absolute atomic E-state index is 0.0585. The molecule has 0 radical (unpaired) electrons. The van der Waals surface area contributed by atoms with Crippen LogP contribution in [0.2, 0.25) is 0 Å². The molecule has 2 aliphatic rings. The smallest absolute Gasteiger partial charge is 0.335 e. The summed E-state index contributed by atoms with van der Waals surface area (Å²) in [4.78, 5) is 11.3. The first-order valence-corrected chi connectivity index (χ1v) is 8.64. The maximum Gasteiger partial charge on any atom is 0.335 e. The maximum atomic E-state index is 11.3. The molecule has 3 atom stereocenters. The third-order valence-corrected chi connectivity index (χ3v) is 5.38. The largest absolute Gasteiger partial charge is 0.497 e. The molecule has 0 saturated heterocycles. The van der Waals surface area contributed by atoms with Crippen molar-refractivity contribution in [3.63, 3.8) is 0 Å². The highest BCUT2D eigenvalue weighted by atomic mass is 16.5. The van der Waals surface area contributed by atoms with Crippen molar-refractivity contribution in [2.75, 3.05) is 19.5 Å². The number of aromatic carboxylic acids is 1. The van der Waals surface area contributed by atoms with Crippen molar-refractivity contribution in [3.8, 4) is 11.5 Å². The number of rotatable bonds is 4. The van der Waals surface area contributed by atoms with Crippen molar-refractivity contribution in [1.82, 2.24) is 0 Å². The highest BCUT2D eigenvalue weighted by Crippen LogP contribution is 2.51. The molecule has 5 heteroatoms. The Bertz CT molecular complexity index is 890. The second-order valence-corrected chi connectivity index (χ2v) is 6.69. The Morgan fingerprint density at radius 2 is 1.96 bits per heavy atom. The van der Waals surface area contributed by atoms with Gasteiger partial charge in [0.25, 0.3) is 0 Å². The van der Waals surface area contributed by atoms with Gasteiger partial charge in [-0.3, -0.25) is 0 Å². The monoisotopic (exact) mass is 351 g/mol. The number of hydrogen-bond acceptors (Lipinski definition) is 4. The molecule has 26 heavy (non-hydrogen) atoms. The summed E-state index contributed by atoms with van der Waals surface area (Å²) in [5, 5.41) is 12.9. The quantitative estimate of drug-likeness (QED) is 0.807. The molecule has 0 bridgehead atoms. The van der Waals surface area contributed by atoms with Crippen molar-refractivity contribution in [1.29, 1.82) is 0 Å². The van der Waals surface area contributed by atoms with Crippen LogP contribution in [-0.2, 0) is 0 Å². The summed E-state index contributed by atoms with van der Waals surface area (Å²) in [5.41, 5.74) is 3.39. The van der Waals surface area contributed by atoms with E-state index >= 15 is 0 Å². The molecule has 0 saturated carbocycles. The highest BCUT2D eigenvalue weighted by Gasteiger charge is 2.39. The number of carboxylic acids is 1. The molecule has 2 N–H and O–H groups in total. The Labute approximate surface area is 152 Å². The number of anilines is 1. The highest BCUT2D eigenvalue weighted by molar-refractivity contribution is 5.89. The van der Waals surface area contributed by atoms with E-state index in [1.807, 2.05) is 24.3 Å². The van der Waals surface area contributed by atoms with E-state index in [2.05, 4.69) is 17.5 Å².